The van der Waals surface area contributed by atoms with Crippen molar-refractivity contribution >= 4 is 11.7 Å². The number of hydrogen-bond acceptors (Lipinski definition) is 3. The maximum atomic E-state index is 13.4. The largest absolute Gasteiger partial charge is 0.356 e. The first-order valence-corrected chi connectivity index (χ1v) is 9.38. The van der Waals surface area contributed by atoms with Gasteiger partial charge in [0.05, 0.1) is 5.56 Å². The molecule has 0 N–H and O–H groups in total. The Bertz CT molecular complexity index is 650. The number of carbonyl (C=O) groups is 1. The van der Waals surface area contributed by atoms with Crippen LogP contribution in [0.4, 0.5) is 5.82 Å². The Labute approximate surface area is 145 Å². The predicted molar refractivity (Wildman–Crippen MR) is 96.2 cm³/mol. The molecule has 4 rings (SSSR count). The zero-order chi connectivity index (χ0) is 16.9. The fraction of sp³-hybridized carbons (Fsp3) is 0.700. The quantitative estimate of drug-likeness (QED) is 0.830. The van der Waals surface area contributed by atoms with Crippen LogP contribution in [-0.4, -0.2) is 41.5 Å². The van der Waals surface area contributed by atoms with Crippen LogP contribution in [-0.2, 0) is 0 Å². The lowest BCUT2D eigenvalue weighted by molar-refractivity contribution is 0.0708. The van der Waals surface area contributed by atoms with Gasteiger partial charge >= 0.3 is 0 Å². The van der Waals surface area contributed by atoms with Gasteiger partial charge in [-0.1, -0.05) is 20.8 Å². The lowest BCUT2D eigenvalue weighted by Gasteiger charge is -2.39. The molecule has 1 aromatic heterocycles. The van der Waals surface area contributed by atoms with E-state index in [-0.39, 0.29) is 11.3 Å². The van der Waals surface area contributed by atoms with Crippen LogP contribution in [0.5, 0.6) is 0 Å². The van der Waals surface area contributed by atoms with Gasteiger partial charge in [0.25, 0.3) is 5.91 Å². The maximum absolute atomic E-state index is 13.4. The second-order valence-corrected chi connectivity index (χ2v) is 9.22. The highest BCUT2D eigenvalue weighted by Crippen LogP contribution is 2.52. The molecular formula is C20H29N3O. The summed E-state index contributed by atoms with van der Waals surface area (Å²) in [6.07, 6.45) is 7.70. The maximum Gasteiger partial charge on any atom is 0.257 e. The molecule has 3 aliphatic rings. The number of fused-ring (bicyclic) bond motifs is 2. The van der Waals surface area contributed by atoms with Crippen molar-refractivity contribution in [3.63, 3.8) is 0 Å². The third-order valence-electron chi connectivity index (χ3n) is 6.10. The Morgan fingerprint density at radius 3 is 2.71 bits per heavy atom. The number of pyridine rings is 1. The summed E-state index contributed by atoms with van der Waals surface area (Å²) in [6.45, 7) is 10.0. The van der Waals surface area contributed by atoms with Gasteiger partial charge in [-0.05, 0) is 55.1 Å². The van der Waals surface area contributed by atoms with Crippen LogP contribution in [0, 0.1) is 10.8 Å². The predicted octanol–water partition coefficient (Wildman–Crippen LogP) is 3.72. The summed E-state index contributed by atoms with van der Waals surface area (Å²) in [7, 11) is 0. The molecule has 2 atom stereocenters. The number of carbonyl (C=O) groups excluding carboxylic acids is 1. The number of hydrogen-bond donors (Lipinski definition) is 0. The minimum atomic E-state index is 0.191. The third kappa shape index (κ3) is 2.70. The number of rotatable bonds is 2. The number of nitrogens with zero attached hydrogens (tertiary/aromatic N) is 3. The monoisotopic (exact) mass is 327 g/mol. The minimum Gasteiger partial charge on any atom is -0.356 e. The van der Waals surface area contributed by atoms with Crippen molar-refractivity contribution in [2.24, 2.45) is 10.8 Å². The van der Waals surface area contributed by atoms with Crippen molar-refractivity contribution < 1.29 is 4.79 Å². The number of amides is 1. The van der Waals surface area contributed by atoms with Crippen molar-refractivity contribution in [3.05, 3.63) is 23.9 Å². The summed E-state index contributed by atoms with van der Waals surface area (Å²) in [4.78, 5) is 22.4. The first-order chi connectivity index (χ1) is 11.4. The van der Waals surface area contributed by atoms with Crippen molar-refractivity contribution in [2.45, 2.75) is 58.9 Å². The molecule has 0 radical (unpaired) electrons. The van der Waals surface area contributed by atoms with Crippen LogP contribution >= 0.6 is 0 Å². The van der Waals surface area contributed by atoms with Gasteiger partial charge in [-0.15, -0.1) is 0 Å². The lowest BCUT2D eigenvalue weighted by Crippen LogP contribution is -2.38. The van der Waals surface area contributed by atoms with Crippen molar-refractivity contribution in [1.29, 1.82) is 0 Å². The Balaban J connectivity index is 1.63. The molecule has 2 unspecified atom stereocenters. The van der Waals surface area contributed by atoms with Crippen LogP contribution in [0.25, 0.3) is 0 Å². The molecule has 3 heterocycles. The second-order valence-electron chi connectivity index (χ2n) is 9.22. The molecule has 1 amide bonds. The Morgan fingerprint density at radius 1 is 1.21 bits per heavy atom. The molecular weight excluding hydrogens is 298 g/mol. The van der Waals surface area contributed by atoms with Crippen LogP contribution < -0.4 is 4.90 Å². The standard InChI is InChI=1S/C20H29N3O/c1-19(2)11-15-12-20(3,13-19)14-23(15)18(24)16-7-6-8-21-17(16)22-9-4-5-10-22/h6-8,15H,4-5,9-14H2,1-3H3. The van der Waals surface area contributed by atoms with Crippen LogP contribution in [0.1, 0.15) is 63.2 Å². The van der Waals surface area contributed by atoms with Crippen LogP contribution in [0.15, 0.2) is 18.3 Å². The van der Waals surface area contributed by atoms with Crippen molar-refractivity contribution in [1.82, 2.24) is 9.88 Å². The molecule has 130 valence electrons. The fourth-order valence-corrected chi connectivity index (χ4v) is 5.60. The van der Waals surface area contributed by atoms with Crippen molar-refractivity contribution in [2.75, 3.05) is 24.5 Å². The lowest BCUT2D eigenvalue weighted by atomic mass is 9.65. The van der Waals surface area contributed by atoms with E-state index in [1.165, 1.54) is 19.3 Å². The number of anilines is 1. The summed E-state index contributed by atoms with van der Waals surface area (Å²) >= 11 is 0. The van der Waals surface area contributed by atoms with E-state index >= 15 is 0 Å². The smallest absolute Gasteiger partial charge is 0.257 e. The van der Waals surface area contributed by atoms with E-state index < -0.39 is 0 Å². The summed E-state index contributed by atoms with van der Waals surface area (Å²) < 4.78 is 0. The van der Waals surface area contributed by atoms with Gasteiger partial charge in [-0.3, -0.25) is 4.79 Å². The Hall–Kier alpha value is -1.58. The molecule has 3 fully saturated rings. The van der Waals surface area contributed by atoms with Gasteiger partial charge < -0.3 is 9.80 Å². The van der Waals surface area contributed by atoms with E-state index in [0.29, 0.717) is 11.5 Å². The highest BCUT2D eigenvalue weighted by Gasteiger charge is 2.51. The van der Waals surface area contributed by atoms with E-state index in [1.807, 2.05) is 18.3 Å². The summed E-state index contributed by atoms with van der Waals surface area (Å²) in [5, 5.41) is 0. The normalized spacial score (nSPS) is 31.5. The highest BCUT2D eigenvalue weighted by atomic mass is 16.2. The van der Waals surface area contributed by atoms with Gasteiger partial charge in [0.2, 0.25) is 0 Å². The molecule has 2 bridgehead atoms. The fourth-order valence-electron chi connectivity index (χ4n) is 5.60. The van der Waals surface area contributed by atoms with Gasteiger partial charge in [-0.2, -0.15) is 0 Å². The molecule has 24 heavy (non-hydrogen) atoms. The van der Waals surface area contributed by atoms with Gasteiger partial charge in [0, 0.05) is 31.9 Å². The average Bonchev–Trinajstić information content (AvgIpc) is 3.12. The molecule has 1 aromatic rings. The molecule has 1 saturated carbocycles. The molecule has 4 heteroatoms. The first-order valence-electron chi connectivity index (χ1n) is 9.38. The van der Waals surface area contributed by atoms with Gasteiger partial charge in [-0.25, -0.2) is 4.98 Å². The minimum absolute atomic E-state index is 0.191. The molecule has 0 aromatic carbocycles. The molecule has 4 nitrogen and oxygen atoms in total. The van der Waals surface area contributed by atoms with E-state index in [0.717, 1.165) is 43.9 Å². The zero-order valence-electron chi connectivity index (χ0n) is 15.2. The second kappa shape index (κ2) is 5.47. The SMILES string of the molecule is CC1(C)CC2CC(C)(CN2C(=O)c2cccnc2N2CCCC2)C1. The Kier molecular flexibility index (Phi) is 3.63. The summed E-state index contributed by atoms with van der Waals surface area (Å²) in [6, 6.07) is 4.26. The van der Waals surface area contributed by atoms with Gasteiger partial charge in [0.1, 0.15) is 5.82 Å². The third-order valence-corrected chi connectivity index (χ3v) is 6.10. The molecule has 0 spiro atoms. The summed E-state index contributed by atoms with van der Waals surface area (Å²) in [5.41, 5.74) is 1.41. The van der Waals surface area contributed by atoms with Crippen LogP contribution in [0.2, 0.25) is 0 Å². The molecule has 2 saturated heterocycles. The van der Waals surface area contributed by atoms with E-state index in [9.17, 15) is 4.79 Å². The Morgan fingerprint density at radius 2 is 1.96 bits per heavy atom. The zero-order valence-corrected chi connectivity index (χ0v) is 15.2. The highest BCUT2D eigenvalue weighted by molar-refractivity contribution is 5.99. The number of aromatic nitrogens is 1. The first kappa shape index (κ1) is 15.9. The van der Waals surface area contributed by atoms with Gasteiger partial charge in [0.15, 0.2) is 0 Å². The van der Waals surface area contributed by atoms with Crippen LogP contribution in [0.3, 0.4) is 0 Å². The topological polar surface area (TPSA) is 36.4 Å². The average molecular weight is 327 g/mol. The molecule has 1 aliphatic carbocycles. The van der Waals surface area contributed by atoms with E-state index in [2.05, 4.69) is 35.6 Å². The summed E-state index contributed by atoms with van der Waals surface area (Å²) in [5.74, 6) is 1.09. The van der Waals surface area contributed by atoms with E-state index in [1.54, 1.807) is 0 Å². The van der Waals surface area contributed by atoms with E-state index in [4.69, 9.17) is 0 Å². The number of likely N-dealkylation sites (tertiary alicyclic amines) is 1. The van der Waals surface area contributed by atoms with Crippen molar-refractivity contribution in [3.8, 4) is 0 Å². The molecule has 2 aliphatic heterocycles.